The fraction of sp³-hybridized carbons (Fsp3) is 0.556. The molecule has 0 fully saturated rings. The number of halogens is 3. The molecule has 0 amide bonds. The van der Waals surface area contributed by atoms with Crippen LogP contribution in [0.25, 0.3) is 0 Å². The van der Waals surface area contributed by atoms with Crippen LogP contribution in [0.3, 0.4) is 0 Å². The summed E-state index contributed by atoms with van der Waals surface area (Å²) < 4.78 is 37.7. The van der Waals surface area contributed by atoms with E-state index in [9.17, 15) is 13.2 Å². The molecule has 0 spiro atoms. The highest BCUT2D eigenvalue weighted by Gasteiger charge is 2.35. The summed E-state index contributed by atoms with van der Waals surface area (Å²) in [5.41, 5.74) is -0.777. The van der Waals surface area contributed by atoms with Gasteiger partial charge in [-0.2, -0.15) is 13.2 Å². The number of nitrogens with zero attached hydrogens (tertiary/aromatic N) is 2. The third-order valence-corrected chi connectivity index (χ3v) is 2.55. The van der Waals surface area contributed by atoms with Crippen molar-refractivity contribution < 1.29 is 13.2 Å². The Bertz CT molecular complexity index is 354. The Balaban J connectivity index is 3.09. The molecule has 1 rings (SSSR count). The molecular formula is C9H12F3N3S. The number of rotatable bonds is 4. The van der Waals surface area contributed by atoms with Crippen molar-refractivity contribution >= 4 is 17.7 Å². The maximum Gasteiger partial charge on any atom is 0.420 e. The number of anilines is 1. The maximum absolute atomic E-state index is 12.6. The first-order chi connectivity index (χ1) is 7.49. The molecule has 7 heteroatoms. The standard InChI is InChI=1S/C9H12F3N3S/c1-3-13-8-14-5-6(9(10,11)12)7(15-8)16-4-2/h5H,3-4H2,1-2H3,(H,13,14,15). The van der Waals surface area contributed by atoms with Gasteiger partial charge in [0.1, 0.15) is 10.6 Å². The molecule has 0 radical (unpaired) electrons. The van der Waals surface area contributed by atoms with E-state index in [-0.39, 0.29) is 11.0 Å². The van der Waals surface area contributed by atoms with E-state index in [1.807, 2.05) is 6.92 Å². The quantitative estimate of drug-likeness (QED) is 0.659. The van der Waals surface area contributed by atoms with Crippen molar-refractivity contribution in [2.45, 2.75) is 25.0 Å². The zero-order valence-corrected chi connectivity index (χ0v) is 9.74. The third kappa shape index (κ3) is 3.26. The third-order valence-electron chi connectivity index (χ3n) is 1.68. The van der Waals surface area contributed by atoms with E-state index in [4.69, 9.17) is 0 Å². The van der Waals surface area contributed by atoms with Gasteiger partial charge in [0.05, 0.1) is 0 Å². The first-order valence-electron chi connectivity index (χ1n) is 4.80. The highest BCUT2D eigenvalue weighted by atomic mass is 32.2. The van der Waals surface area contributed by atoms with E-state index in [0.29, 0.717) is 12.3 Å². The molecule has 1 heterocycles. The van der Waals surface area contributed by atoms with Crippen molar-refractivity contribution in [3.8, 4) is 0 Å². The molecule has 0 saturated carbocycles. The summed E-state index contributed by atoms with van der Waals surface area (Å²) in [7, 11) is 0. The first kappa shape index (κ1) is 13.1. The zero-order valence-electron chi connectivity index (χ0n) is 8.93. The highest BCUT2D eigenvalue weighted by Crippen LogP contribution is 2.35. The maximum atomic E-state index is 12.6. The van der Waals surface area contributed by atoms with Gasteiger partial charge in [0.15, 0.2) is 0 Å². The SMILES string of the molecule is CCNc1ncc(C(F)(F)F)c(SCC)n1. The molecule has 1 aromatic rings. The molecule has 1 aromatic heterocycles. The van der Waals surface area contributed by atoms with E-state index < -0.39 is 11.7 Å². The van der Waals surface area contributed by atoms with Crippen LogP contribution in [-0.4, -0.2) is 22.3 Å². The fourth-order valence-corrected chi connectivity index (χ4v) is 1.80. The molecule has 0 aromatic carbocycles. The summed E-state index contributed by atoms with van der Waals surface area (Å²) in [4.78, 5) is 7.46. The van der Waals surface area contributed by atoms with Gasteiger partial charge in [0.25, 0.3) is 0 Å². The molecular weight excluding hydrogens is 239 g/mol. The van der Waals surface area contributed by atoms with Crippen LogP contribution in [0.2, 0.25) is 0 Å². The number of hydrogen-bond acceptors (Lipinski definition) is 4. The van der Waals surface area contributed by atoms with Crippen molar-refractivity contribution in [2.24, 2.45) is 0 Å². The van der Waals surface area contributed by atoms with E-state index in [0.717, 1.165) is 18.0 Å². The van der Waals surface area contributed by atoms with Gasteiger partial charge in [0, 0.05) is 12.7 Å². The monoisotopic (exact) mass is 251 g/mol. The molecule has 0 aliphatic heterocycles. The Kier molecular flexibility index (Phi) is 4.40. The highest BCUT2D eigenvalue weighted by molar-refractivity contribution is 7.99. The second-order valence-corrected chi connectivity index (χ2v) is 4.13. The van der Waals surface area contributed by atoms with E-state index >= 15 is 0 Å². The Morgan fingerprint density at radius 3 is 2.56 bits per heavy atom. The van der Waals surface area contributed by atoms with Gasteiger partial charge in [-0.05, 0) is 12.7 Å². The Morgan fingerprint density at radius 2 is 2.06 bits per heavy atom. The van der Waals surface area contributed by atoms with Crippen LogP contribution in [0.1, 0.15) is 19.4 Å². The number of alkyl halides is 3. The Morgan fingerprint density at radius 1 is 1.38 bits per heavy atom. The normalized spacial score (nSPS) is 11.6. The first-order valence-corrected chi connectivity index (χ1v) is 5.78. The van der Waals surface area contributed by atoms with E-state index in [1.54, 1.807) is 6.92 Å². The molecule has 3 nitrogen and oxygen atoms in total. The summed E-state index contributed by atoms with van der Waals surface area (Å²) in [5.74, 6) is 0.762. The summed E-state index contributed by atoms with van der Waals surface area (Å²) >= 11 is 1.06. The summed E-state index contributed by atoms with van der Waals surface area (Å²) in [6.07, 6.45) is -3.58. The molecule has 0 atom stereocenters. The van der Waals surface area contributed by atoms with Gasteiger partial charge < -0.3 is 5.32 Å². The predicted octanol–water partition coefficient (Wildman–Crippen LogP) is 3.04. The minimum absolute atomic E-state index is 0.0269. The van der Waals surface area contributed by atoms with Crippen LogP contribution in [0.5, 0.6) is 0 Å². The molecule has 0 aliphatic rings. The lowest BCUT2D eigenvalue weighted by Crippen LogP contribution is -2.11. The van der Waals surface area contributed by atoms with Gasteiger partial charge in [-0.1, -0.05) is 6.92 Å². The average Bonchev–Trinajstić information content (AvgIpc) is 2.17. The molecule has 1 N–H and O–H groups in total. The minimum atomic E-state index is -4.40. The van der Waals surface area contributed by atoms with Gasteiger partial charge in [0.2, 0.25) is 5.95 Å². The second kappa shape index (κ2) is 5.38. The molecule has 0 bridgehead atoms. The lowest BCUT2D eigenvalue weighted by atomic mass is 10.3. The summed E-state index contributed by atoms with van der Waals surface area (Å²) in [6, 6.07) is 0. The van der Waals surface area contributed by atoms with Gasteiger partial charge in [-0.15, -0.1) is 11.8 Å². The van der Waals surface area contributed by atoms with Crippen molar-refractivity contribution in [2.75, 3.05) is 17.6 Å². The average molecular weight is 251 g/mol. The fourth-order valence-electron chi connectivity index (χ4n) is 1.05. The lowest BCUT2D eigenvalue weighted by molar-refractivity contribution is -0.140. The van der Waals surface area contributed by atoms with Gasteiger partial charge in [-0.3, -0.25) is 0 Å². The number of thioether (sulfide) groups is 1. The van der Waals surface area contributed by atoms with Crippen LogP contribution >= 0.6 is 11.8 Å². The number of aromatic nitrogens is 2. The molecule has 0 unspecified atom stereocenters. The zero-order chi connectivity index (χ0) is 12.2. The smallest absolute Gasteiger partial charge is 0.354 e. The van der Waals surface area contributed by atoms with Crippen LogP contribution in [-0.2, 0) is 6.18 Å². The molecule has 16 heavy (non-hydrogen) atoms. The topological polar surface area (TPSA) is 37.8 Å². The molecule has 0 aliphatic carbocycles. The Labute approximate surface area is 95.9 Å². The van der Waals surface area contributed by atoms with Crippen molar-refractivity contribution in [1.82, 2.24) is 9.97 Å². The molecule has 0 saturated heterocycles. The van der Waals surface area contributed by atoms with Crippen molar-refractivity contribution in [3.63, 3.8) is 0 Å². The second-order valence-electron chi connectivity index (χ2n) is 2.87. The van der Waals surface area contributed by atoms with Gasteiger partial charge in [-0.25, -0.2) is 9.97 Å². The lowest BCUT2D eigenvalue weighted by Gasteiger charge is -2.11. The Hall–Kier alpha value is -0.980. The molecule has 90 valence electrons. The van der Waals surface area contributed by atoms with Gasteiger partial charge >= 0.3 is 6.18 Å². The van der Waals surface area contributed by atoms with Crippen LogP contribution in [0.15, 0.2) is 11.2 Å². The van der Waals surface area contributed by atoms with E-state index in [1.165, 1.54) is 0 Å². The van der Waals surface area contributed by atoms with Crippen LogP contribution < -0.4 is 5.32 Å². The number of nitrogens with one attached hydrogen (secondary N) is 1. The van der Waals surface area contributed by atoms with Crippen LogP contribution in [0.4, 0.5) is 19.1 Å². The number of hydrogen-bond donors (Lipinski definition) is 1. The predicted molar refractivity (Wildman–Crippen MR) is 57.6 cm³/mol. The summed E-state index contributed by atoms with van der Waals surface area (Å²) in [6.45, 7) is 4.18. The largest absolute Gasteiger partial charge is 0.420 e. The van der Waals surface area contributed by atoms with Crippen molar-refractivity contribution in [1.29, 1.82) is 0 Å². The van der Waals surface area contributed by atoms with E-state index in [2.05, 4.69) is 15.3 Å². The van der Waals surface area contributed by atoms with Crippen molar-refractivity contribution in [3.05, 3.63) is 11.8 Å². The van der Waals surface area contributed by atoms with Crippen LogP contribution in [0, 0.1) is 0 Å². The summed E-state index contributed by atoms with van der Waals surface area (Å²) in [5, 5.41) is 2.76. The minimum Gasteiger partial charge on any atom is -0.354 e.